The van der Waals surface area contributed by atoms with E-state index in [1.54, 1.807) is 73.7 Å². The Labute approximate surface area is 194 Å². The normalized spacial score (nSPS) is 17.0. The molecule has 1 aromatic heterocycles. The number of anilines is 1. The Morgan fingerprint density at radius 3 is 2.29 bits per heavy atom. The van der Waals surface area contributed by atoms with E-state index in [4.69, 9.17) is 0 Å². The highest BCUT2D eigenvalue weighted by Gasteiger charge is 2.43. The predicted octanol–water partition coefficient (Wildman–Crippen LogP) is 4.82. The zero-order chi connectivity index (χ0) is 23.7. The van der Waals surface area contributed by atoms with E-state index in [2.05, 4.69) is 4.98 Å². The Morgan fingerprint density at radius 1 is 0.735 bits per heavy atom. The summed E-state index contributed by atoms with van der Waals surface area (Å²) in [7, 11) is 0. The molecule has 1 unspecified atom stereocenters. The van der Waals surface area contributed by atoms with Gasteiger partial charge in [-0.05, 0) is 43.7 Å². The van der Waals surface area contributed by atoms with Gasteiger partial charge in [-0.3, -0.25) is 24.2 Å². The molecule has 1 aliphatic carbocycles. The molecular weight excluding hydrogens is 428 g/mol. The number of fused-ring (bicyclic) bond motifs is 3. The highest BCUT2D eigenvalue weighted by molar-refractivity contribution is 6.36. The van der Waals surface area contributed by atoms with Crippen LogP contribution in [0.25, 0.3) is 10.9 Å². The molecule has 0 N–H and O–H groups in total. The van der Waals surface area contributed by atoms with E-state index in [-0.39, 0.29) is 17.3 Å². The molecule has 0 bridgehead atoms. The number of hydrogen-bond donors (Lipinski definition) is 0. The first-order chi connectivity index (χ1) is 16.4. The van der Waals surface area contributed by atoms with Crippen LogP contribution in [-0.4, -0.2) is 28.4 Å². The molecule has 164 valence electrons. The van der Waals surface area contributed by atoms with Crippen molar-refractivity contribution in [1.29, 1.82) is 0 Å². The van der Waals surface area contributed by atoms with Gasteiger partial charge in [-0.2, -0.15) is 0 Å². The molecule has 6 nitrogen and oxygen atoms in total. The maximum Gasteiger partial charge on any atom is 0.266 e. The number of aryl methyl sites for hydroxylation is 2. The van der Waals surface area contributed by atoms with Crippen LogP contribution < -0.4 is 4.90 Å². The molecule has 6 heteroatoms. The maximum absolute atomic E-state index is 13.3. The van der Waals surface area contributed by atoms with Crippen LogP contribution in [-0.2, 0) is 0 Å². The van der Waals surface area contributed by atoms with Crippen LogP contribution in [0.15, 0.2) is 66.7 Å². The lowest BCUT2D eigenvalue weighted by molar-refractivity contribution is 0.0884. The summed E-state index contributed by atoms with van der Waals surface area (Å²) < 4.78 is 0. The Kier molecular flexibility index (Phi) is 4.17. The van der Waals surface area contributed by atoms with E-state index in [9.17, 15) is 19.2 Å². The summed E-state index contributed by atoms with van der Waals surface area (Å²) >= 11 is 0. The van der Waals surface area contributed by atoms with Gasteiger partial charge in [0.25, 0.3) is 11.8 Å². The smallest absolute Gasteiger partial charge is 0.266 e. The minimum atomic E-state index is -1.11. The van der Waals surface area contributed by atoms with E-state index in [1.165, 1.54) is 0 Å². The summed E-state index contributed by atoms with van der Waals surface area (Å²) in [4.78, 5) is 59.0. The molecule has 1 aliphatic heterocycles. The number of para-hydroxylation sites is 1. The number of ketones is 2. The first-order valence-electron chi connectivity index (χ1n) is 10.9. The number of Topliss-reactive ketones (excluding diaryl/α,β-unsaturated/α-hetero) is 2. The number of nitrogens with zero attached hydrogens (tertiary/aromatic N) is 2. The van der Waals surface area contributed by atoms with Crippen LogP contribution in [0.1, 0.15) is 64.2 Å². The fraction of sp³-hybridized carbons (Fsp3) is 0.107. The lowest BCUT2D eigenvalue weighted by atomic mass is 9.97. The molecule has 1 atom stereocenters. The van der Waals surface area contributed by atoms with Crippen LogP contribution in [0.4, 0.5) is 5.69 Å². The third kappa shape index (κ3) is 2.65. The lowest BCUT2D eigenvalue weighted by Gasteiger charge is -2.19. The first kappa shape index (κ1) is 20.2. The van der Waals surface area contributed by atoms with Gasteiger partial charge in [-0.25, -0.2) is 4.90 Å². The van der Waals surface area contributed by atoms with E-state index < -0.39 is 17.7 Å². The highest BCUT2D eigenvalue weighted by Crippen LogP contribution is 2.39. The summed E-state index contributed by atoms with van der Waals surface area (Å²) in [6.07, 6.45) is 0. The second-order valence-electron chi connectivity index (χ2n) is 8.74. The van der Waals surface area contributed by atoms with Crippen molar-refractivity contribution >= 4 is 40.0 Å². The average molecular weight is 446 g/mol. The number of pyridine rings is 1. The number of carbonyl (C=O) groups excluding carboxylic acids is 4. The van der Waals surface area contributed by atoms with Crippen LogP contribution >= 0.6 is 0 Å². The molecule has 0 saturated carbocycles. The summed E-state index contributed by atoms with van der Waals surface area (Å²) in [5.74, 6) is -2.63. The van der Waals surface area contributed by atoms with Gasteiger partial charge >= 0.3 is 0 Å². The third-order valence-corrected chi connectivity index (χ3v) is 6.60. The van der Waals surface area contributed by atoms with Crippen molar-refractivity contribution < 1.29 is 19.2 Å². The number of imide groups is 1. The van der Waals surface area contributed by atoms with Gasteiger partial charge in [0.05, 0.1) is 28.0 Å². The van der Waals surface area contributed by atoms with Gasteiger partial charge in [-0.1, -0.05) is 48.0 Å². The van der Waals surface area contributed by atoms with Crippen molar-refractivity contribution in [3.8, 4) is 0 Å². The summed E-state index contributed by atoms with van der Waals surface area (Å²) in [6.45, 7) is 3.66. The zero-order valence-electron chi connectivity index (χ0n) is 18.5. The monoisotopic (exact) mass is 446 g/mol. The summed E-state index contributed by atoms with van der Waals surface area (Å²) in [5, 5.41) is 0.587. The maximum atomic E-state index is 13.3. The Bertz CT molecular complexity index is 1620. The van der Waals surface area contributed by atoms with Gasteiger partial charge < -0.3 is 0 Å². The number of amides is 2. The predicted molar refractivity (Wildman–Crippen MR) is 127 cm³/mol. The molecule has 34 heavy (non-hydrogen) atoms. The summed E-state index contributed by atoms with van der Waals surface area (Å²) in [5.41, 5.74) is 4.10. The molecule has 0 saturated heterocycles. The second-order valence-corrected chi connectivity index (χ2v) is 8.74. The zero-order valence-corrected chi connectivity index (χ0v) is 18.5. The first-order valence-corrected chi connectivity index (χ1v) is 10.9. The average Bonchev–Trinajstić information content (AvgIpc) is 3.23. The minimum Gasteiger partial charge on any atom is -0.293 e. The van der Waals surface area contributed by atoms with Crippen LogP contribution in [0, 0.1) is 13.8 Å². The van der Waals surface area contributed by atoms with Crippen molar-refractivity contribution in [3.63, 3.8) is 0 Å². The van der Waals surface area contributed by atoms with E-state index in [0.717, 1.165) is 16.0 Å². The molecule has 2 amide bonds. The number of aromatic nitrogens is 1. The third-order valence-electron chi connectivity index (χ3n) is 6.60. The molecule has 0 spiro atoms. The molecule has 2 aliphatic rings. The van der Waals surface area contributed by atoms with Crippen molar-refractivity contribution in [2.75, 3.05) is 4.90 Å². The standard InChI is InChI=1S/C28H18N2O4/c1-14-10-11-16-19(12-14)28(34)30(27(16)33)22-13-21(29-20-9-4-3-7-17(20)22)24-25(31)18-8-5-6-15(2)23(18)26(24)32/h3-13,24H,1-2H3. The second kappa shape index (κ2) is 7.02. The van der Waals surface area contributed by atoms with E-state index in [1.807, 2.05) is 6.92 Å². The Balaban J connectivity index is 1.55. The molecular formula is C28H18N2O4. The number of benzene rings is 3. The minimum absolute atomic E-state index is 0.229. The molecule has 6 rings (SSSR count). The molecule has 2 heterocycles. The molecule has 4 aromatic rings. The molecule has 3 aromatic carbocycles. The number of carbonyl (C=O) groups is 4. The van der Waals surface area contributed by atoms with Crippen LogP contribution in [0.5, 0.6) is 0 Å². The van der Waals surface area contributed by atoms with Crippen LogP contribution in [0.3, 0.4) is 0 Å². The SMILES string of the molecule is Cc1ccc2c(c1)C(=O)N(c1cc(C3C(=O)c4cccc(C)c4C3=O)nc3ccccc13)C2=O. The Hall–Kier alpha value is -4.45. The largest absolute Gasteiger partial charge is 0.293 e. The molecule has 0 fully saturated rings. The lowest BCUT2D eigenvalue weighted by Crippen LogP contribution is -2.30. The van der Waals surface area contributed by atoms with E-state index >= 15 is 0 Å². The number of hydrogen-bond acceptors (Lipinski definition) is 5. The van der Waals surface area contributed by atoms with Crippen molar-refractivity contribution in [2.24, 2.45) is 0 Å². The van der Waals surface area contributed by atoms with Gasteiger partial charge in [-0.15, -0.1) is 0 Å². The van der Waals surface area contributed by atoms with Crippen LogP contribution in [0.2, 0.25) is 0 Å². The fourth-order valence-corrected chi connectivity index (χ4v) is 4.97. The number of rotatable bonds is 2. The fourth-order valence-electron chi connectivity index (χ4n) is 4.97. The van der Waals surface area contributed by atoms with Crippen molar-refractivity contribution in [2.45, 2.75) is 19.8 Å². The van der Waals surface area contributed by atoms with Gasteiger partial charge in [0.15, 0.2) is 11.6 Å². The van der Waals surface area contributed by atoms with Crippen molar-refractivity contribution in [3.05, 3.63) is 106 Å². The molecule has 0 radical (unpaired) electrons. The van der Waals surface area contributed by atoms with Gasteiger partial charge in [0.1, 0.15) is 5.92 Å². The summed E-state index contributed by atoms with van der Waals surface area (Å²) in [6, 6.07) is 19.0. The van der Waals surface area contributed by atoms with Crippen molar-refractivity contribution in [1.82, 2.24) is 4.98 Å². The highest BCUT2D eigenvalue weighted by atomic mass is 16.2. The quantitative estimate of drug-likeness (QED) is 0.326. The van der Waals surface area contributed by atoms with E-state index in [0.29, 0.717) is 38.8 Å². The topological polar surface area (TPSA) is 84.4 Å². The van der Waals surface area contributed by atoms with Gasteiger partial charge in [0.2, 0.25) is 0 Å². The Morgan fingerprint density at radius 2 is 1.50 bits per heavy atom. The van der Waals surface area contributed by atoms with Gasteiger partial charge in [0, 0.05) is 16.5 Å².